The van der Waals surface area contributed by atoms with Crippen molar-refractivity contribution in [1.29, 1.82) is 0 Å². The molecule has 0 saturated heterocycles. The second-order valence-electron chi connectivity index (χ2n) is 7.94. The van der Waals surface area contributed by atoms with E-state index >= 15 is 0 Å². The Hall–Kier alpha value is -2.60. The zero-order valence-electron chi connectivity index (χ0n) is 17.0. The van der Waals surface area contributed by atoms with Crippen molar-refractivity contribution in [2.75, 3.05) is 27.3 Å². The number of ether oxygens (including phenoxy) is 2. The third kappa shape index (κ3) is 4.37. The van der Waals surface area contributed by atoms with Crippen LogP contribution in [0.5, 0.6) is 11.5 Å². The molecule has 0 bridgehead atoms. The Bertz CT molecular complexity index is 898. The Kier molecular flexibility index (Phi) is 5.72. The van der Waals surface area contributed by atoms with E-state index in [1.54, 1.807) is 26.4 Å². The lowest BCUT2D eigenvalue weighted by atomic mass is 9.91. The van der Waals surface area contributed by atoms with Crippen molar-refractivity contribution >= 4 is 5.91 Å². The van der Waals surface area contributed by atoms with Crippen LogP contribution in [-0.4, -0.2) is 33.2 Å². The molecule has 4 rings (SSSR count). The third-order valence-corrected chi connectivity index (χ3v) is 5.98. The molecule has 1 heterocycles. The van der Waals surface area contributed by atoms with Crippen LogP contribution in [-0.2, 0) is 17.8 Å². The van der Waals surface area contributed by atoms with Gasteiger partial charge in [0.25, 0.3) is 0 Å². The van der Waals surface area contributed by atoms with E-state index in [-0.39, 0.29) is 23.7 Å². The summed E-state index contributed by atoms with van der Waals surface area (Å²) in [7, 11) is 3.27. The summed E-state index contributed by atoms with van der Waals surface area (Å²) in [6, 6.07) is 10.9. The molecule has 6 heteroatoms. The number of fused-ring (bicyclic) bond motifs is 1. The van der Waals surface area contributed by atoms with Gasteiger partial charge in [-0.25, -0.2) is 4.39 Å². The fraction of sp³-hybridized carbons (Fsp3) is 0.435. The standard InChI is InChI=1S/C23H27FN2O3/c1-28-21-11-17-8-9-26(14-15-4-3-5-18(24)10-15)20(19(17)12-22(21)29-2)13-25-23(27)16-6-7-16/h3-5,10-12,16,20H,6-9,13-14H2,1-2H3,(H,25,27)/p+1/t20-/m1/s1. The first-order valence-electron chi connectivity index (χ1n) is 10.2. The van der Waals surface area contributed by atoms with Crippen molar-refractivity contribution in [3.63, 3.8) is 0 Å². The molecular weight excluding hydrogens is 371 g/mol. The van der Waals surface area contributed by atoms with Gasteiger partial charge in [0.2, 0.25) is 5.91 Å². The van der Waals surface area contributed by atoms with Gasteiger partial charge in [-0.1, -0.05) is 12.1 Å². The molecule has 0 aromatic heterocycles. The lowest BCUT2D eigenvalue weighted by Gasteiger charge is -2.35. The number of methoxy groups -OCH3 is 2. The van der Waals surface area contributed by atoms with Crippen molar-refractivity contribution in [3.8, 4) is 11.5 Å². The molecule has 2 aromatic rings. The molecule has 2 aliphatic rings. The van der Waals surface area contributed by atoms with E-state index in [0.717, 1.165) is 42.7 Å². The minimum Gasteiger partial charge on any atom is -0.493 e. The SMILES string of the molecule is COc1cc2c(cc1OC)[C@@H](CNC(=O)C1CC1)[NH+](Cc1cccc(F)c1)CC2. The summed E-state index contributed by atoms with van der Waals surface area (Å²) in [4.78, 5) is 13.6. The van der Waals surface area contributed by atoms with Gasteiger partial charge < -0.3 is 19.7 Å². The maximum absolute atomic E-state index is 13.7. The number of quaternary nitrogens is 1. The average molecular weight is 399 g/mol. The quantitative estimate of drug-likeness (QED) is 0.749. The van der Waals surface area contributed by atoms with Crippen LogP contribution in [0.25, 0.3) is 0 Å². The highest BCUT2D eigenvalue weighted by molar-refractivity contribution is 5.80. The van der Waals surface area contributed by atoms with Crippen LogP contribution in [0.15, 0.2) is 36.4 Å². The Morgan fingerprint density at radius 2 is 1.93 bits per heavy atom. The molecule has 1 unspecified atom stereocenters. The molecule has 5 nitrogen and oxygen atoms in total. The summed E-state index contributed by atoms with van der Waals surface area (Å²) < 4.78 is 24.7. The number of carbonyl (C=O) groups excluding carboxylic acids is 1. The van der Waals surface area contributed by atoms with Crippen molar-refractivity contribution in [1.82, 2.24) is 5.32 Å². The summed E-state index contributed by atoms with van der Waals surface area (Å²) in [6.45, 7) is 2.17. The number of rotatable bonds is 7. The molecule has 2 atom stereocenters. The van der Waals surface area contributed by atoms with E-state index < -0.39 is 0 Å². The first-order valence-corrected chi connectivity index (χ1v) is 10.2. The summed E-state index contributed by atoms with van der Waals surface area (Å²) in [6.07, 6.45) is 2.86. The highest BCUT2D eigenvalue weighted by Gasteiger charge is 2.35. The molecule has 1 amide bonds. The van der Waals surface area contributed by atoms with Crippen LogP contribution in [0.3, 0.4) is 0 Å². The molecule has 1 saturated carbocycles. The molecule has 2 aromatic carbocycles. The average Bonchev–Trinajstić information content (AvgIpc) is 3.57. The molecule has 29 heavy (non-hydrogen) atoms. The zero-order chi connectivity index (χ0) is 20.4. The topological polar surface area (TPSA) is 52.0 Å². The third-order valence-electron chi connectivity index (χ3n) is 5.98. The molecule has 0 spiro atoms. The van der Waals surface area contributed by atoms with Gasteiger partial charge >= 0.3 is 0 Å². The maximum Gasteiger partial charge on any atom is 0.223 e. The van der Waals surface area contributed by atoms with Crippen LogP contribution in [0.4, 0.5) is 4.39 Å². The highest BCUT2D eigenvalue weighted by Crippen LogP contribution is 2.34. The zero-order valence-corrected chi connectivity index (χ0v) is 17.0. The van der Waals surface area contributed by atoms with Gasteiger partial charge in [-0.3, -0.25) is 4.79 Å². The Morgan fingerprint density at radius 1 is 1.17 bits per heavy atom. The number of carbonyl (C=O) groups is 1. The number of amides is 1. The summed E-state index contributed by atoms with van der Waals surface area (Å²) in [5.74, 6) is 1.51. The minimum absolute atomic E-state index is 0.0736. The summed E-state index contributed by atoms with van der Waals surface area (Å²) in [5.41, 5.74) is 3.34. The highest BCUT2D eigenvalue weighted by atomic mass is 19.1. The number of hydrogen-bond acceptors (Lipinski definition) is 3. The predicted molar refractivity (Wildman–Crippen MR) is 108 cm³/mol. The summed E-state index contributed by atoms with van der Waals surface area (Å²) in [5, 5.41) is 3.14. The van der Waals surface area contributed by atoms with Gasteiger partial charge in [0, 0.05) is 23.5 Å². The van der Waals surface area contributed by atoms with Crippen LogP contribution in [0, 0.1) is 11.7 Å². The van der Waals surface area contributed by atoms with Crippen LogP contribution in [0.2, 0.25) is 0 Å². The first-order chi connectivity index (χ1) is 14.1. The van der Waals surface area contributed by atoms with E-state index in [0.29, 0.717) is 18.8 Å². The first kappa shape index (κ1) is 19.7. The van der Waals surface area contributed by atoms with E-state index in [1.165, 1.54) is 16.5 Å². The molecule has 1 aliphatic carbocycles. The van der Waals surface area contributed by atoms with Gasteiger partial charge in [-0.2, -0.15) is 0 Å². The van der Waals surface area contributed by atoms with Crippen LogP contribution in [0.1, 0.15) is 35.6 Å². The lowest BCUT2D eigenvalue weighted by molar-refractivity contribution is -0.945. The Labute approximate surface area is 170 Å². The molecule has 1 fully saturated rings. The fourth-order valence-electron chi connectivity index (χ4n) is 4.23. The lowest BCUT2D eigenvalue weighted by Crippen LogP contribution is -3.12. The monoisotopic (exact) mass is 399 g/mol. The Balaban J connectivity index is 1.63. The van der Waals surface area contributed by atoms with Gasteiger partial charge in [0.1, 0.15) is 18.4 Å². The van der Waals surface area contributed by atoms with Gasteiger partial charge in [0.05, 0.1) is 27.3 Å². The van der Waals surface area contributed by atoms with E-state index in [1.807, 2.05) is 18.2 Å². The second-order valence-corrected chi connectivity index (χ2v) is 7.94. The molecule has 1 aliphatic heterocycles. The van der Waals surface area contributed by atoms with Crippen molar-refractivity contribution in [3.05, 3.63) is 58.9 Å². The summed E-state index contributed by atoms with van der Waals surface area (Å²) >= 11 is 0. The smallest absolute Gasteiger partial charge is 0.223 e. The van der Waals surface area contributed by atoms with Gasteiger partial charge in [-0.15, -0.1) is 0 Å². The molecule has 2 N–H and O–H groups in total. The Morgan fingerprint density at radius 3 is 2.62 bits per heavy atom. The molecular formula is C23H28FN2O3+. The van der Waals surface area contributed by atoms with Crippen molar-refractivity contribution in [2.45, 2.75) is 31.8 Å². The predicted octanol–water partition coefficient (Wildman–Crippen LogP) is 2.05. The maximum atomic E-state index is 13.7. The largest absolute Gasteiger partial charge is 0.493 e. The second kappa shape index (κ2) is 8.41. The van der Waals surface area contributed by atoms with Crippen LogP contribution < -0.4 is 19.7 Å². The van der Waals surface area contributed by atoms with E-state index in [4.69, 9.17) is 9.47 Å². The minimum atomic E-state index is -0.218. The van der Waals surface area contributed by atoms with E-state index in [2.05, 4.69) is 5.32 Å². The fourth-order valence-corrected chi connectivity index (χ4v) is 4.23. The van der Waals surface area contributed by atoms with Gasteiger partial charge in [0.15, 0.2) is 11.5 Å². The van der Waals surface area contributed by atoms with Crippen molar-refractivity contribution < 1.29 is 23.6 Å². The number of benzene rings is 2. The number of nitrogens with one attached hydrogen (secondary N) is 2. The van der Waals surface area contributed by atoms with Crippen molar-refractivity contribution in [2.24, 2.45) is 5.92 Å². The molecule has 154 valence electrons. The van der Waals surface area contributed by atoms with Gasteiger partial charge in [-0.05, 0) is 42.7 Å². The normalized spacial score (nSPS) is 20.7. The number of hydrogen-bond donors (Lipinski definition) is 2. The van der Waals surface area contributed by atoms with Crippen LogP contribution >= 0.6 is 0 Å². The number of halogens is 1. The van der Waals surface area contributed by atoms with E-state index in [9.17, 15) is 9.18 Å². The molecule has 0 radical (unpaired) electrons.